The van der Waals surface area contributed by atoms with Gasteiger partial charge in [0.1, 0.15) is 0 Å². The van der Waals surface area contributed by atoms with E-state index < -0.39 is 15.6 Å². The van der Waals surface area contributed by atoms with Gasteiger partial charge >= 0.3 is 0 Å². The van der Waals surface area contributed by atoms with Crippen LogP contribution < -0.4 is 10.0 Å². The van der Waals surface area contributed by atoms with Crippen LogP contribution in [0.1, 0.15) is 41.6 Å². The summed E-state index contributed by atoms with van der Waals surface area (Å²) in [6.45, 7) is 5.31. The molecule has 7 heteroatoms. The normalized spacial score (nSPS) is 11.4. The maximum absolute atomic E-state index is 12.5. The molecule has 0 aliphatic rings. The van der Waals surface area contributed by atoms with Gasteiger partial charge in [0.25, 0.3) is 5.91 Å². The van der Waals surface area contributed by atoms with Crippen LogP contribution in [-0.4, -0.2) is 19.9 Å². The Morgan fingerprint density at radius 3 is 2.33 bits per heavy atom. The van der Waals surface area contributed by atoms with Gasteiger partial charge in [0.2, 0.25) is 10.0 Å². The van der Waals surface area contributed by atoms with E-state index in [9.17, 15) is 13.2 Å². The van der Waals surface area contributed by atoms with Gasteiger partial charge in [-0.25, -0.2) is 13.1 Å². The van der Waals surface area contributed by atoms with Gasteiger partial charge in [0.15, 0.2) is 0 Å². The number of carbonyl (C=O) groups excluding carboxylic acids is 1. The Morgan fingerprint density at radius 2 is 1.70 bits per heavy atom. The Balaban J connectivity index is 1.71. The molecule has 0 aliphatic heterocycles. The number of thiophene rings is 1. The highest BCUT2D eigenvalue weighted by Gasteiger charge is 2.22. The molecule has 2 N–H and O–H groups in total. The maximum Gasteiger partial charge on any atom is 0.255 e. The minimum atomic E-state index is -3.65. The molecule has 0 fully saturated rings. The molecule has 0 spiro atoms. The van der Waals surface area contributed by atoms with Gasteiger partial charge in [0, 0.05) is 22.4 Å². The molecule has 0 saturated heterocycles. The zero-order chi connectivity index (χ0) is 21.8. The summed E-state index contributed by atoms with van der Waals surface area (Å²) in [5, 5.41) is 4.79. The largest absolute Gasteiger partial charge is 0.322 e. The highest BCUT2D eigenvalue weighted by molar-refractivity contribution is 7.89. The Bertz CT molecular complexity index is 1200. The fourth-order valence-electron chi connectivity index (χ4n) is 2.61. The van der Waals surface area contributed by atoms with E-state index in [1.165, 1.54) is 24.3 Å². The van der Waals surface area contributed by atoms with E-state index in [1.807, 2.05) is 29.6 Å². The smallest absolute Gasteiger partial charge is 0.255 e. The third-order valence-corrected chi connectivity index (χ3v) is 6.40. The highest BCUT2D eigenvalue weighted by atomic mass is 32.2. The van der Waals surface area contributed by atoms with E-state index in [1.54, 1.807) is 44.2 Å². The zero-order valence-corrected chi connectivity index (χ0v) is 18.5. The van der Waals surface area contributed by atoms with Gasteiger partial charge in [-0.1, -0.05) is 24.0 Å². The first kappa shape index (κ1) is 21.8. The fourth-order valence-corrected chi connectivity index (χ4v) is 4.60. The number of hydrogen-bond acceptors (Lipinski definition) is 4. The van der Waals surface area contributed by atoms with Crippen LogP contribution in [0.3, 0.4) is 0 Å². The van der Waals surface area contributed by atoms with Crippen molar-refractivity contribution in [1.82, 2.24) is 4.72 Å². The maximum atomic E-state index is 12.5. The fraction of sp³-hybridized carbons (Fsp3) is 0.174. The summed E-state index contributed by atoms with van der Waals surface area (Å²) in [4.78, 5) is 13.6. The van der Waals surface area contributed by atoms with E-state index in [0.717, 1.165) is 10.4 Å². The Kier molecular flexibility index (Phi) is 6.42. The first-order valence-electron chi connectivity index (χ1n) is 9.23. The molecule has 154 valence electrons. The highest BCUT2D eigenvalue weighted by Crippen LogP contribution is 2.16. The molecule has 2 aromatic carbocycles. The Labute approximate surface area is 181 Å². The second kappa shape index (κ2) is 8.84. The van der Waals surface area contributed by atoms with Crippen molar-refractivity contribution in [3.63, 3.8) is 0 Å². The van der Waals surface area contributed by atoms with Crippen LogP contribution in [-0.2, 0) is 10.0 Å². The summed E-state index contributed by atoms with van der Waals surface area (Å²) >= 11 is 1.57. The molecule has 3 rings (SSSR count). The average Bonchev–Trinajstić information content (AvgIpc) is 3.18. The molecule has 30 heavy (non-hydrogen) atoms. The third-order valence-electron chi connectivity index (χ3n) is 3.84. The molecular weight excluding hydrogens is 416 g/mol. The lowest BCUT2D eigenvalue weighted by atomic mass is 10.1. The summed E-state index contributed by atoms with van der Waals surface area (Å²) in [6, 6.07) is 17.0. The van der Waals surface area contributed by atoms with Crippen LogP contribution in [0.5, 0.6) is 0 Å². The molecule has 0 saturated carbocycles. The summed E-state index contributed by atoms with van der Waals surface area (Å²) < 4.78 is 27.3. The molecule has 0 atom stereocenters. The second-order valence-corrected chi connectivity index (χ2v) is 10.3. The van der Waals surface area contributed by atoms with Crippen LogP contribution in [0, 0.1) is 11.8 Å². The van der Waals surface area contributed by atoms with Crippen LogP contribution in [0.25, 0.3) is 0 Å². The first-order valence-corrected chi connectivity index (χ1v) is 11.6. The number of rotatable bonds is 4. The van der Waals surface area contributed by atoms with Crippen molar-refractivity contribution in [1.29, 1.82) is 0 Å². The van der Waals surface area contributed by atoms with Gasteiger partial charge in [-0.05, 0) is 74.7 Å². The molecule has 0 aliphatic carbocycles. The van der Waals surface area contributed by atoms with E-state index in [-0.39, 0.29) is 10.8 Å². The van der Waals surface area contributed by atoms with Crippen LogP contribution in [0.15, 0.2) is 70.9 Å². The minimum Gasteiger partial charge on any atom is -0.322 e. The number of nitrogens with one attached hydrogen (secondary N) is 2. The van der Waals surface area contributed by atoms with Crippen molar-refractivity contribution in [3.05, 3.63) is 82.0 Å². The summed E-state index contributed by atoms with van der Waals surface area (Å²) in [5.74, 6) is 5.83. The topological polar surface area (TPSA) is 75.3 Å². The average molecular weight is 439 g/mol. The molecule has 0 unspecified atom stereocenters. The van der Waals surface area contributed by atoms with Crippen molar-refractivity contribution < 1.29 is 13.2 Å². The first-order chi connectivity index (χ1) is 14.1. The number of sulfonamides is 1. The van der Waals surface area contributed by atoms with Crippen LogP contribution in [0.2, 0.25) is 0 Å². The van der Waals surface area contributed by atoms with Crippen LogP contribution in [0.4, 0.5) is 5.69 Å². The van der Waals surface area contributed by atoms with Gasteiger partial charge in [0.05, 0.1) is 9.77 Å². The van der Waals surface area contributed by atoms with Gasteiger partial charge in [-0.2, -0.15) is 0 Å². The van der Waals surface area contributed by atoms with E-state index in [0.29, 0.717) is 11.3 Å². The van der Waals surface area contributed by atoms with Crippen LogP contribution >= 0.6 is 11.3 Å². The Morgan fingerprint density at radius 1 is 0.967 bits per heavy atom. The van der Waals surface area contributed by atoms with Crippen molar-refractivity contribution >= 4 is 33.0 Å². The van der Waals surface area contributed by atoms with Crippen molar-refractivity contribution in [2.24, 2.45) is 0 Å². The van der Waals surface area contributed by atoms with Crippen molar-refractivity contribution in [3.8, 4) is 11.8 Å². The van der Waals surface area contributed by atoms with E-state index in [2.05, 4.69) is 21.9 Å². The lowest BCUT2D eigenvalue weighted by Gasteiger charge is -2.20. The van der Waals surface area contributed by atoms with Crippen molar-refractivity contribution in [2.45, 2.75) is 31.2 Å². The molecular formula is C23H22N2O3S2. The lowest BCUT2D eigenvalue weighted by Crippen LogP contribution is -2.40. The number of benzene rings is 2. The van der Waals surface area contributed by atoms with Gasteiger partial charge < -0.3 is 5.32 Å². The number of carbonyl (C=O) groups is 1. The molecule has 1 heterocycles. The predicted molar refractivity (Wildman–Crippen MR) is 121 cm³/mol. The minimum absolute atomic E-state index is 0.111. The third kappa shape index (κ3) is 6.04. The quantitative estimate of drug-likeness (QED) is 0.590. The SMILES string of the molecule is CC(C)(C)NS(=O)(=O)c1ccc(C(=O)Nc2cccc(C#Cc3cccs3)c2)cc1. The standard InChI is InChI=1S/C23H22N2O3S2/c1-23(2,3)25-30(27,28)21-13-10-18(11-14-21)22(26)24-19-7-4-6-17(16-19)9-12-20-8-5-15-29-20/h4-8,10-11,13-16,25H,1-3H3,(H,24,26). The zero-order valence-electron chi connectivity index (χ0n) is 16.9. The van der Waals surface area contributed by atoms with E-state index in [4.69, 9.17) is 0 Å². The van der Waals surface area contributed by atoms with E-state index >= 15 is 0 Å². The molecule has 1 aromatic heterocycles. The number of hydrogen-bond donors (Lipinski definition) is 2. The molecule has 0 radical (unpaired) electrons. The predicted octanol–water partition coefficient (Wildman–Crippen LogP) is 4.48. The van der Waals surface area contributed by atoms with Crippen molar-refractivity contribution in [2.75, 3.05) is 5.32 Å². The molecule has 0 bridgehead atoms. The summed E-state index contributed by atoms with van der Waals surface area (Å²) in [7, 11) is -3.65. The molecule has 1 amide bonds. The second-order valence-electron chi connectivity index (χ2n) is 7.64. The summed E-state index contributed by atoms with van der Waals surface area (Å²) in [6.07, 6.45) is 0. The molecule has 3 aromatic rings. The number of anilines is 1. The lowest BCUT2D eigenvalue weighted by molar-refractivity contribution is 0.102. The Hall–Kier alpha value is -2.92. The van der Waals surface area contributed by atoms with Gasteiger partial charge in [-0.15, -0.1) is 11.3 Å². The van der Waals surface area contributed by atoms with Gasteiger partial charge in [-0.3, -0.25) is 4.79 Å². The molecule has 5 nitrogen and oxygen atoms in total. The summed E-state index contributed by atoms with van der Waals surface area (Å²) in [5.41, 5.74) is 1.17. The number of amides is 1. The monoisotopic (exact) mass is 438 g/mol.